The van der Waals surface area contributed by atoms with Crippen LogP contribution in [0.15, 0.2) is 37.1 Å². The van der Waals surface area contributed by atoms with Crippen LogP contribution in [0.4, 0.5) is 21.9 Å². The maximum absolute atomic E-state index is 12.9. The van der Waals surface area contributed by atoms with Crippen molar-refractivity contribution in [3.8, 4) is 5.82 Å². The molecule has 4 aromatic heterocycles. The predicted octanol–water partition coefficient (Wildman–Crippen LogP) is 3.27. The van der Waals surface area contributed by atoms with E-state index in [2.05, 4.69) is 40.8 Å². The molecule has 5 heterocycles. The van der Waals surface area contributed by atoms with Gasteiger partial charge in [0.05, 0.1) is 59.6 Å². The van der Waals surface area contributed by atoms with Gasteiger partial charge in [0.2, 0.25) is 0 Å². The zero-order chi connectivity index (χ0) is 23.8. The van der Waals surface area contributed by atoms with Crippen molar-refractivity contribution in [1.29, 1.82) is 0 Å². The van der Waals surface area contributed by atoms with E-state index < -0.39 is 6.03 Å². The van der Waals surface area contributed by atoms with Gasteiger partial charge >= 0.3 is 6.03 Å². The van der Waals surface area contributed by atoms with E-state index in [0.717, 1.165) is 0 Å². The van der Waals surface area contributed by atoms with Crippen molar-refractivity contribution >= 4 is 51.9 Å². The van der Waals surface area contributed by atoms with Crippen LogP contribution in [0, 0.1) is 0 Å². The summed E-state index contributed by atoms with van der Waals surface area (Å²) in [6.45, 7) is 5.23. The van der Waals surface area contributed by atoms with E-state index in [-0.39, 0.29) is 17.2 Å². The van der Waals surface area contributed by atoms with Gasteiger partial charge in [-0.15, -0.1) is 4.80 Å². The standard InChI is InChI=1S/C20H20Cl2N10O2/c1-11-8-30(9-12(2)34-11)17-15(7-26-31-10-16(22)29-19(17)31)28-20(33)27-13-5-14(21)18(23-6-13)32-24-3-4-25-32/h3-7,10-12H,8-9H2,1-2H3,(H2,27,28,33)/t11-,12+. The smallest absolute Gasteiger partial charge is 0.323 e. The second-order valence-electron chi connectivity index (χ2n) is 7.83. The molecular formula is C20H20Cl2N10O2. The lowest BCUT2D eigenvalue weighted by molar-refractivity contribution is -0.00512. The molecular weight excluding hydrogens is 483 g/mol. The number of hydrogen-bond acceptors (Lipinski definition) is 8. The number of hydrogen-bond donors (Lipinski definition) is 2. The van der Waals surface area contributed by atoms with Gasteiger partial charge in [0.1, 0.15) is 10.8 Å². The molecule has 0 aromatic carbocycles. The molecule has 2 N–H and O–H groups in total. The number of aromatic nitrogens is 7. The van der Waals surface area contributed by atoms with Gasteiger partial charge in [0.25, 0.3) is 0 Å². The number of anilines is 3. The highest BCUT2D eigenvalue weighted by Gasteiger charge is 2.27. The molecule has 2 amide bonds. The molecule has 5 rings (SSSR count). The molecule has 0 spiro atoms. The Labute approximate surface area is 203 Å². The number of carbonyl (C=O) groups is 1. The average molecular weight is 503 g/mol. The number of urea groups is 1. The second kappa shape index (κ2) is 9.05. The van der Waals surface area contributed by atoms with Crippen LogP contribution in [0.3, 0.4) is 0 Å². The normalized spacial score (nSPS) is 18.3. The van der Waals surface area contributed by atoms with Crippen LogP contribution in [0.5, 0.6) is 0 Å². The first-order valence-electron chi connectivity index (χ1n) is 10.4. The fraction of sp³-hybridized carbons (Fsp3) is 0.300. The Morgan fingerprint density at radius 3 is 2.53 bits per heavy atom. The first-order valence-corrected chi connectivity index (χ1v) is 11.2. The molecule has 34 heavy (non-hydrogen) atoms. The molecule has 4 aromatic rings. The number of nitrogens with one attached hydrogen (secondary N) is 2. The summed E-state index contributed by atoms with van der Waals surface area (Å²) >= 11 is 12.4. The van der Waals surface area contributed by atoms with E-state index >= 15 is 0 Å². The third-order valence-electron chi connectivity index (χ3n) is 5.11. The fourth-order valence-corrected chi connectivity index (χ4v) is 4.33. The molecule has 0 radical (unpaired) electrons. The maximum Gasteiger partial charge on any atom is 0.323 e. The monoisotopic (exact) mass is 502 g/mol. The Balaban J connectivity index is 1.41. The summed E-state index contributed by atoms with van der Waals surface area (Å²) in [6.07, 6.45) is 7.67. The van der Waals surface area contributed by atoms with Crippen molar-refractivity contribution in [3.63, 3.8) is 0 Å². The molecule has 0 aliphatic carbocycles. The van der Waals surface area contributed by atoms with Crippen molar-refractivity contribution in [2.24, 2.45) is 0 Å². The van der Waals surface area contributed by atoms with Gasteiger partial charge in [-0.3, -0.25) is 0 Å². The minimum absolute atomic E-state index is 0.0000772. The highest BCUT2D eigenvalue weighted by atomic mass is 35.5. The minimum atomic E-state index is -0.498. The zero-order valence-electron chi connectivity index (χ0n) is 18.2. The third kappa shape index (κ3) is 4.47. The predicted molar refractivity (Wildman–Crippen MR) is 127 cm³/mol. The lowest BCUT2D eigenvalue weighted by Crippen LogP contribution is -2.46. The maximum atomic E-state index is 12.9. The number of rotatable bonds is 4. The van der Waals surface area contributed by atoms with Crippen molar-refractivity contribution in [3.05, 3.63) is 47.2 Å². The number of fused-ring (bicyclic) bond motifs is 1. The molecule has 2 atom stereocenters. The average Bonchev–Trinajstić information content (AvgIpc) is 3.42. The van der Waals surface area contributed by atoms with Gasteiger partial charge in [-0.05, 0) is 19.9 Å². The van der Waals surface area contributed by atoms with E-state index in [1.807, 2.05) is 13.8 Å². The summed E-state index contributed by atoms with van der Waals surface area (Å²) in [5.74, 6) is 0.348. The number of halogens is 2. The number of ether oxygens (including phenoxy) is 1. The molecule has 12 nitrogen and oxygen atoms in total. The number of nitrogens with zero attached hydrogens (tertiary/aromatic N) is 8. The summed E-state index contributed by atoms with van der Waals surface area (Å²) in [5.41, 5.74) is 2.11. The zero-order valence-corrected chi connectivity index (χ0v) is 19.7. The molecule has 1 aliphatic heterocycles. The summed E-state index contributed by atoms with van der Waals surface area (Å²) in [4.78, 5) is 24.9. The number of pyridine rings is 1. The van der Waals surface area contributed by atoms with Crippen LogP contribution in [0.1, 0.15) is 13.8 Å². The quantitative estimate of drug-likeness (QED) is 0.435. The minimum Gasteiger partial charge on any atom is -0.372 e. The summed E-state index contributed by atoms with van der Waals surface area (Å²) in [7, 11) is 0. The summed E-state index contributed by atoms with van der Waals surface area (Å²) < 4.78 is 7.44. The number of carbonyl (C=O) groups excluding carboxylic acids is 1. The van der Waals surface area contributed by atoms with E-state index in [0.29, 0.717) is 46.8 Å². The highest BCUT2D eigenvalue weighted by molar-refractivity contribution is 6.32. The van der Waals surface area contributed by atoms with Crippen LogP contribution < -0.4 is 15.5 Å². The lowest BCUT2D eigenvalue weighted by atomic mass is 10.2. The first-order chi connectivity index (χ1) is 16.4. The van der Waals surface area contributed by atoms with E-state index in [9.17, 15) is 4.79 Å². The Morgan fingerprint density at radius 2 is 1.82 bits per heavy atom. The number of morpholine rings is 1. The van der Waals surface area contributed by atoms with Crippen LogP contribution >= 0.6 is 23.2 Å². The van der Waals surface area contributed by atoms with Gasteiger partial charge < -0.3 is 20.3 Å². The molecule has 1 fully saturated rings. The molecule has 1 aliphatic rings. The van der Waals surface area contributed by atoms with Gasteiger partial charge in [0, 0.05) is 13.1 Å². The molecule has 0 bridgehead atoms. The van der Waals surface area contributed by atoms with E-state index in [4.69, 9.17) is 27.9 Å². The molecule has 176 valence electrons. The highest BCUT2D eigenvalue weighted by Crippen LogP contribution is 2.33. The number of imidazole rings is 1. The largest absolute Gasteiger partial charge is 0.372 e. The second-order valence-corrected chi connectivity index (χ2v) is 8.62. The van der Waals surface area contributed by atoms with Gasteiger partial charge in [-0.2, -0.15) is 15.3 Å². The molecule has 14 heteroatoms. The van der Waals surface area contributed by atoms with E-state index in [1.54, 1.807) is 23.0 Å². The topological polar surface area (TPSA) is 127 Å². The van der Waals surface area contributed by atoms with Gasteiger partial charge in [-0.25, -0.2) is 19.3 Å². The van der Waals surface area contributed by atoms with Crippen molar-refractivity contribution in [1.82, 2.24) is 34.6 Å². The van der Waals surface area contributed by atoms with Crippen LogP contribution in [0.25, 0.3) is 11.5 Å². The Hall–Kier alpha value is -3.48. The van der Waals surface area contributed by atoms with Crippen LogP contribution in [-0.2, 0) is 4.74 Å². The Morgan fingerprint density at radius 1 is 1.09 bits per heavy atom. The molecule has 0 unspecified atom stereocenters. The Bertz CT molecular complexity index is 1330. The van der Waals surface area contributed by atoms with Crippen molar-refractivity contribution < 1.29 is 9.53 Å². The van der Waals surface area contributed by atoms with Crippen molar-refractivity contribution in [2.75, 3.05) is 28.6 Å². The SMILES string of the molecule is C[C@@H]1CN(c2c(NC(=O)Nc3cnc(-n4nccn4)c(Cl)c3)cnn3cc(Cl)nc23)C[C@H](C)O1. The molecule has 0 saturated carbocycles. The molecule has 1 saturated heterocycles. The summed E-state index contributed by atoms with van der Waals surface area (Å²) in [6, 6.07) is 1.07. The van der Waals surface area contributed by atoms with Gasteiger partial charge in [-0.1, -0.05) is 23.2 Å². The number of amides is 2. The lowest BCUT2D eigenvalue weighted by Gasteiger charge is -2.37. The van der Waals surface area contributed by atoms with Gasteiger partial charge in [0.15, 0.2) is 11.5 Å². The van der Waals surface area contributed by atoms with E-state index in [1.165, 1.54) is 23.4 Å². The third-order valence-corrected chi connectivity index (χ3v) is 5.57. The van der Waals surface area contributed by atoms with Crippen molar-refractivity contribution in [2.45, 2.75) is 26.1 Å². The van der Waals surface area contributed by atoms with Crippen LogP contribution in [0.2, 0.25) is 10.2 Å². The van der Waals surface area contributed by atoms with Crippen LogP contribution in [-0.4, -0.2) is 65.9 Å². The Kier molecular flexibility index (Phi) is 5.94. The first kappa shape index (κ1) is 22.3. The fourth-order valence-electron chi connectivity index (χ4n) is 3.91. The summed E-state index contributed by atoms with van der Waals surface area (Å²) in [5, 5.41) is 18.5.